The summed E-state index contributed by atoms with van der Waals surface area (Å²) in [4.78, 5) is 7.97. The number of likely N-dealkylation sites (tertiary alicyclic amines) is 1. The quantitative estimate of drug-likeness (QED) is 0.712. The van der Waals surface area contributed by atoms with Crippen LogP contribution in [0.1, 0.15) is 25.7 Å². The Kier molecular flexibility index (Phi) is 3.69. The van der Waals surface area contributed by atoms with E-state index in [1.54, 1.807) is 0 Å². The van der Waals surface area contributed by atoms with Crippen molar-refractivity contribution in [2.45, 2.75) is 31.7 Å². The SMILES string of the molecule is CN1CCCC(CN2CCN3CCCC3C2)C1. The zero-order chi connectivity index (χ0) is 11.7. The van der Waals surface area contributed by atoms with Gasteiger partial charge in [-0.2, -0.15) is 0 Å². The second kappa shape index (κ2) is 5.25. The van der Waals surface area contributed by atoms with E-state index in [9.17, 15) is 0 Å². The molecule has 0 saturated carbocycles. The first-order chi connectivity index (χ1) is 8.31. The van der Waals surface area contributed by atoms with E-state index in [0.717, 1.165) is 12.0 Å². The third kappa shape index (κ3) is 2.83. The third-order valence-corrected chi connectivity index (χ3v) is 4.91. The van der Waals surface area contributed by atoms with Crippen molar-refractivity contribution in [2.24, 2.45) is 5.92 Å². The lowest BCUT2D eigenvalue weighted by molar-refractivity contribution is 0.0762. The lowest BCUT2D eigenvalue weighted by Crippen LogP contribution is -2.52. The largest absolute Gasteiger partial charge is 0.306 e. The highest BCUT2D eigenvalue weighted by Gasteiger charge is 2.31. The van der Waals surface area contributed by atoms with E-state index in [2.05, 4.69) is 21.7 Å². The average Bonchev–Trinajstić information content (AvgIpc) is 2.76. The van der Waals surface area contributed by atoms with Gasteiger partial charge >= 0.3 is 0 Å². The Hall–Kier alpha value is -0.120. The standard InChI is InChI=1S/C14H27N3/c1-15-6-2-4-13(10-15)11-16-8-9-17-7-3-5-14(17)12-16/h13-14H,2-12H2,1H3. The van der Waals surface area contributed by atoms with E-state index in [4.69, 9.17) is 0 Å². The fourth-order valence-corrected chi connectivity index (χ4v) is 4.01. The van der Waals surface area contributed by atoms with Crippen LogP contribution >= 0.6 is 0 Å². The first-order valence-corrected chi connectivity index (χ1v) is 7.46. The predicted octanol–water partition coefficient (Wildman–Crippen LogP) is 1.11. The zero-order valence-electron chi connectivity index (χ0n) is 11.3. The van der Waals surface area contributed by atoms with Gasteiger partial charge in [0.15, 0.2) is 0 Å². The van der Waals surface area contributed by atoms with Crippen molar-refractivity contribution in [3.05, 3.63) is 0 Å². The number of fused-ring (bicyclic) bond motifs is 1. The van der Waals surface area contributed by atoms with E-state index in [1.165, 1.54) is 71.5 Å². The fraction of sp³-hybridized carbons (Fsp3) is 1.00. The number of nitrogens with zero attached hydrogens (tertiary/aromatic N) is 3. The Morgan fingerprint density at radius 2 is 1.82 bits per heavy atom. The van der Waals surface area contributed by atoms with Gasteiger partial charge in [-0.25, -0.2) is 0 Å². The van der Waals surface area contributed by atoms with Crippen molar-refractivity contribution in [1.29, 1.82) is 0 Å². The molecule has 0 radical (unpaired) electrons. The second-order valence-electron chi connectivity index (χ2n) is 6.36. The molecule has 0 spiro atoms. The Morgan fingerprint density at radius 1 is 0.941 bits per heavy atom. The molecule has 0 bridgehead atoms. The molecule has 3 fully saturated rings. The summed E-state index contributed by atoms with van der Waals surface area (Å²) in [7, 11) is 2.28. The van der Waals surface area contributed by atoms with E-state index in [-0.39, 0.29) is 0 Å². The molecule has 3 aliphatic heterocycles. The molecule has 2 atom stereocenters. The molecular weight excluding hydrogens is 210 g/mol. The Balaban J connectivity index is 1.48. The Morgan fingerprint density at radius 3 is 2.71 bits per heavy atom. The van der Waals surface area contributed by atoms with Gasteiger partial charge in [0, 0.05) is 38.8 Å². The van der Waals surface area contributed by atoms with Gasteiger partial charge < -0.3 is 9.80 Å². The predicted molar refractivity (Wildman–Crippen MR) is 71.3 cm³/mol. The molecule has 0 aromatic carbocycles. The van der Waals surface area contributed by atoms with E-state index < -0.39 is 0 Å². The first kappa shape index (κ1) is 11.9. The Bertz CT molecular complexity index is 256. The molecule has 3 heterocycles. The van der Waals surface area contributed by atoms with Crippen molar-refractivity contribution >= 4 is 0 Å². The summed E-state index contributed by atoms with van der Waals surface area (Å²) in [6, 6.07) is 0.894. The molecule has 98 valence electrons. The minimum Gasteiger partial charge on any atom is -0.306 e. The van der Waals surface area contributed by atoms with Crippen LogP contribution in [0.4, 0.5) is 0 Å². The summed E-state index contributed by atoms with van der Waals surface area (Å²) in [6.45, 7) is 9.35. The van der Waals surface area contributed by atoms with Crippen molar-refractivity contribution in [1.82, 2.24) is 14.7 Å². The average molecular weight is 237 g/mol. The maximum absolute atomic E-state index is 2.75. The molecule has 0 aromatic heterocycles. The van der Waals surface area contributed by atoms with Crippen LogP contribution in [-0.4, -0.2) is 73.6 Å². The lowest BCUT2D eigenvalue weighted by atomic mass is 9.97. The van der Waals surface area contributed by atoms with Crippen LogP contribution in [0.2, 0.25) is 0 Å². The van der Waals surface area contributed by atoms with Gasteiger partial charge in [0.25, 0.3) is 0 Å². The van der Waals surface area contributed by atoms with Gasteiger partial charge in [-0.15, -0.1) is 0 Å². The fourth-order valence-electron chi connectivity index (χ4n) is 4.01. The van der Waals surface area contributed by atoms with Crippen LogP contribution in [0.25, 0.3) is 0 Å². The first-order valence-electron chi connectivity index (χ1n) is 7.46. The van der Waals surface area contributed by atoms with E-state index >= 15 is 0 Å². The maximum atomic E-state index is 2.75. The number of hydrogen-bond donors (Lipinski definition) is 0. The van der Waals surface area contributed by atoms with Crippen LogP contribution in [0.3, 0.4) is 0 Å². The minimum absolute atomic E-state index is 0.894. The summed E-state index contributed by atoms with van der Waals surface area (Å²) in [5, 5.41) is 0. The highest BCUT2D eigenvalue weighted by atomic mass is 15.3. The summed E-state index contributed by atoms with van der Waals surface area (Å²) >= 11 is 0. The highest BCUT2D eigenvalue weighted by molar-refractivity contribution is 4.88. The van der Waals surface area contributed by atoms with Crippen LogP contribution < -0.4 is 0 Å². The topological polar surface area (TPSA) is 9.72 Å². The molecule has 17 heavy (non-hydrogen) atoms. The van der Waals surface area contributed by atoms with Crippen LogP contribution in [-0.2, 0) is 0 Å². The van der Waals surface area contributed by atoms with Crippen molar-refractivity contribution < 1.29 is 0 Å². The molecule has 3 heteroatoms. The molecule has 3 aliphatic rings. The van der Waals surface area contributed by atoms with Crippen LogP contribution in [0.5, 0.6) is 0 Å². The van der Waals surface area contributed by atoms with E-state index in [1.807, 2.05) is 0 Å². The molecule has 0 aliphatic carbocycles. The molecule has 2 unspecified atom stereocenters. The summed E-state index contributed by atoms with van der Waals surface area (Å²) in [5.41, 5.74) is 0. The number of piperidine rings is 1. The molecule has 3 rings (SSSR count). The van der Waals surface area contributed by atoms with Gasteiger partial charge in [-0.3, -0.25) is 4.90 Å². The van der Waals surface area contributed by atoms with Crippen molar-refractivity contribution in [3.8, 4) is 0 Å². The van der Waals surface area contributed by atoms with Gasteiger partial charge in [0.1, 0.15) is 0 Å². The minimum atomic E-state index is 0.894. The summed E-state index contributed by atoms with van der Waals surface area (Å²) in [6.07, 6.45) is 5.74. The van der Waals surface area contributed by atoms with Gasteiger partial charge in [-0.1, -0.05) is 0 Å². The Labute approximate surface area is 106 Å². The van der Waals surface area contributed by atoms with Crippen LogP contribution in [0.15, 0.2) is 0 Å². The lowest BCUT2D eigenvalue weighted by Gasteiger charge is -2.40. The second-order valence-corrected chi connectivity index (χ2v) is 6.36. The number of hydrogen-bond acceptors (Lipinski definition) is 3. The van der Waals surface area contributed by atoms with Gasteiger partial charge in [-0.05, 0) is 51.7 Å². The normalized spacial score (nSPS) is 37.2. The number of piperazine rings is 1. The van der Waals surface area contributed by atoms with Crippen molar-refractivity contribution in [2.75, 3.05) is 52.9 Å². The summed E-state index contributed by atoms with van der Waals surface area (Å²) < 4.78 is 0. The van der Waals surface area contributed by atoms with Gasteiger partial charge in [0.05, 0.1) is 0 Å². The summed E-state index contributed by atoms with van der Waals surface area (Å²) in [5.74, 6) is 0.932. The maximum Gasteiger partial charge on any atom is 0.0224 e. The monoisotopic (exact) mass is 237 g/mol. The molecular formula is C14H27N3. The molecule has 3 nitrogen and oxygen atoms in total. The zero-order valence-corrected chi connectivity index (χ0v) is 11.3. The molecule has 3 saturated heterocycles. The molecule has 0 amide bonds. The third-order valence-electron chi connectivity index (χ3n) is 4.91. The molecule has 0 aromatic rings. The van der Waals surface area contributed by atoms with Crippen LogP contribution in [0, 0.1) is 5.92 Å². The number of rotatable bonds is 2. The highest BCUT2D eigenvalue weighted by Crippen LogP contribution is 2.23. The van der Waals surface area contributed by atoms with Gasteiger partial charge in [0.2, 0.25) is 0 Å². The molecule has 0 N–H and O–H groups in total. The van der Waals surface area contributed by atoms with Crippen molar-refractivity contribution in [3.63, 3.8) is 0 Å². The van der Waals surface area contributed by atoms with E-state index in [0.29, 0.717) is 0 Å². The smallest absolute Gasteiger partial charge is 0.0224 e.